The molecule has 1 heterocycles. The van der Waals surface area contributed by atoms with E-state index in [1.165, 1.54) is 12.1 Å². The second-order valence-electron chi connectivity index (χ2n) is 4.92. The molecule has 0 aliphatic carbocycles. The van der Waals surface area contributed by atoms with Crippen LogP contribution in [0.2, 0.25) is 0 Å². The second kappa shape index (κ2) is 6.22. The fraction of sp³-hybridized carbons (Fsp3) is 0.429. The SMILES string of the molecule is CC(C)NC(=O)CCn1c(CCl)nc2ccc(F)cc21. The van der Waals surface area contributed by atoms with Gasteiger partial charge in [-0.25, -0.2) is 9.37 Å². The van der Waals surface area contributed by atoms with Gasteiger partial charge in [-0.15, -0.1) is 11.6 Å². The number of hydrogen-bond acceptors (Lipinski definition) is 2. The molecule has 0 saturated carbocycles. The number of aromatic nitrogens is 2. The third kappa shape index (κ3) is 3.28. The smallest absolute Gasteiger partial charge is 0.221 e. The van der Waals surface area contributed by atoms with Crippen LogP contribution in [0.15, 0.2) is 18.2 Å². The van der Waals surface area contributed by atoms with Gasteiger partial charge in [0, 0.05) is 19.0 Å². The molecule has 0 bridgehead atoms. The molecule has 1 aromatic heterocycles. The summed E-state index contributed by atoms with van der Waals surface area (Å²) in [6.07, 6.45) is 0.310. The lowest BCUT2D eigenvalue weighted by Gasteiger charge is -2.10. The van der Waals surface area contributed by atoms with Crippen molar-refractivity contribution < 1.29 is 9.18 Å². The van der Waals surface area contributed by atoms with Gasteiger partial charge in [0.15, 0.2) is 0 Å². The minimum Gasteiger partial charge on any atom is -0.354 e. The molecule has 0 aliphatic heterocycles. The molecule has 6 heteroatoms. The fourth-order valence-corrected chi connectivity index (χ4v) is 2.31. The number of nitrogens with zero attached hydrogens (tertiary/aromatic N) is 2. The third-order valence-electron chi connectivity index (χ3n) is 2.92. The van der Waals surface area contributed by atoms with Crippen molar-refractivity contribution in [3.63, 3.8) is 0 Å². The van der Waals surface area contributed by atoms with Crippen LogP contribution >= 0.6 is 11.6 Å². The van der Waals surface area contributed by atoms with Gasteiger partial charge in [-0.05, 0) is 32.0 Å². The van der Waals surface area contributed by atoms with E-state index in [2.05, 4.69) is 10.3 Å². The number of benzene rings is 1. The lowest BCUT2D eigenvalue weighted by molar-refractivity contribution is -0.121. The van der Waals surface area contributed by atoms with E-state index in [9.17, 15) is 9.18 Å². The largest absolute Gasteiger partial charge is 0.354 e. The number of aryl methyl sites for hydroxylation is 1. The van der Waals surface area contributed by atoms with Crippen LogP contribution in [0.25, 0.3) is 11.0 Å². The van der Waals surface area contributed by atoms with E-state index < -0.39 is 0 Å². The number of rotatable bonds is 5. The Morgan fingerprint density at radius 3 is 2.90 bits per heavy atom. The van der Waals surface area contributed by atoms with Gasteiger partial charge in [0.1, 0.15) is 11.6 Å². The van der Waals surface area contributed by atoms with Crippen molar-refractivity contribution in [1.82, 2.24) is 14.9 Å². The Balaban J connectivity index is 2.23. The number of imidazole rings is 1. The van der Waals surface area contributed by atoms with E-state index in [1.807, 2.05) is 13.8 Å². The number of alkyl halides is 1. The highest BCUT2D eigenvalue weighted by Crippen LogP contribution is 2.19. The van der Waals surface area contributed by atoms with Gasteiger partial charge in [0.05, 0.1) is 16.9 Å². The first-order valence-corrected chi connectivity index (χ1v) is 7.04. The number of amides is 1. The predicted molar refractivity (Wildman–Crippen MR) is 77.1 cm³/mol. The number of fused-ring (bicyclic) bond motifs is 1. The molecule has 2 aromatic rings. The Bertz CT molecular complexity index is 624. The minimum atomic E-state index is -0.327. The summed E-state index contributed by atoms with van der Waals surface area (Å²) in [5.74, 6) is 0.497. The van der Waals surface area contributed by atoms with Crippen LogP contribution in [0.4, 0.5) is 4.39 Å². The van der Waals surface area contributed by atoms with Crippen molar-refractivity contribution in [1.29, 1.82) is 0 Å². The Labute approximate surface area is 121 Å². The maximum atomic E-state index is 13.3. The average Bonchev–Trinajstić information content (AvgIpc) is 2.72. The van der Waals surface area contributed by atoms with Crippen LogP contribution in [-0.4, -0.2) is 21.5 Å². The van der Waals surface area contributed by atoms with E-state index in [-0.39, 0.29) is 23.6 Å². The molecule has 0 radical (unpaired) electrons. The zero-order chi connectivity index (χ0) is 14.7. The van der Waals surface area contributed by atoms with Gasteiger partial charge in [-0.2, -0.15) is 0 Å². The summed E-state index contributed by atoms with van der Waals surface area (Å²) in [7, 11) is 0. The van der Waals surface area contributed by atoms with Gasteiger partial charge in [0.2, 0.25) is 5.91 Å². The maximum absolute atomic E-state index is 13.3. The van der Waals surface area contributed by atoms with Gasteiger partial charge < -0.3 is 9.88 Å². The maximum Gasteiger partial charge on any atom is 0.221 e. The summed E-state index contributed by atoms with van der Waals surface area (Å²) in [6, 6.07) is 4.50. The molecule has 1 aromatic carbocycles. The summed E-state index contributed by atoms with van der Waals surface area (Å²) in [4.78, 5) is 16.0. The Morgan fingerprint density at radius 2 is 2.25 bits per heavy atom. The first kappa shape index (κ1) is 14.8. The first-order chi connectivity index (χ1) is 9.51. The van der Waals surface area contributed by atoms with Crippen molar-refractivity contribution in [2.24, 2.45) is 0 Å². The molecule has 20 heavy (non-hydrogen) atoms. The number of halogens is 2. The standard InChI is InChI=1S/C14H17ClFN3O/c1-9(2)17-14(20)5-6-19-12-7-10(16)3-4-11(12)18-13(19)8-15/h3-4,7,9H,5-6,8H2,1-2H3,(H,17,20). The molecule has 0 atom stereocenters. The molecule has 0 spiro atoms. The number of carbonyl (C=O) groups excluding carboxylic acids is 1. The molecule has 4 nitrogen and oxygen atoms in total. The number of nitrogens with one attached hydrogen (secondary N) is 1. The van der Waals surface area contributed by atoms with E-state index >= 15 is 0 Å². The zero-order valence-electron chi connectivity index (χ0n) is 11.5. The lowest BCUT2D eigenvalue weighted by atomic mass is 10.3. The second-order valence-corrected chi connectivity index (χ2v) is 5.19. The average molecular weight is 298 g/mol. The Kier molecular flexibility index (Phi) is 4.60. The van der Waals surface area contributed by atoms with E-state index in [1.54, 1.807) is 10.6 Å². The Hall–Kier alpha value is -1.62. The topological polar surface area (TPSA) is 46.9 Å². The van der Waals surface area contributed by atoms with Gasteiger partial charge in [0.25, 0.3) is 0 Å². The van der Waals surface area contributed by atoms with Crippen molar-refractivity contribution in [2.75, 3.05) is 0 Å². The van der Waals surface area contributed by atoms with Crippen molar-refractivity contribution in [3.8, 4) is 0 Å². The van der Waals surface area contributed by atoms with Crippen molar-refractivity contribution in [3.05, 3.63) is 29.8 Å². The summed E-state index contributed by atoms with van der Waals surface area (Å²) >= 11 is 5.87. The Morgan fingerprint density at radius 1 is 1.50 bits per heavy atom. The molecular formula is C14H17ClFN3O. The van der Waals surface area contributed by atoms with Crippen LogP contribution in [0.3, 0.4) is 0 Å². The molecule has 0 unspecified atom stereocenters. The highest BCUT2D eigenvalue weighted by molar-refractivity contribution is 6.16. The van der Waals surface area contributed by atoms with Crippen LogP contribution in [-0.2, 0) is 17.2 Å². The highest BCUT2D eigenvalue weighted by atomic mass is 35.5. The van der Waals surface area contributed by atoms with E-state index in [0.29, 0.717) is 29.8 Å². The van der Waals surface area contributed by atoms with Crippen LogP contribution < -0.4 is 5.32 Å². The quantitative estimate of drug-likeness (QED) is 0.863. The van der Waals surface area contributed by atoms with Crippen molar-refractivity contribution in [2.45, 2.75) is 38.7 Å². The summed E-state index contributed by atoms with van der Waals surface area (Å²) < 4.78 is 15.1. The number of hydrogen-bond donors (Lipinski definition) is 1. The van der Waals surface area contributed by atoms with E-state index in [4.69, 9.17) is 11.6 Å². The van der Waals surface area contributed by atoms with Crippen LogP contribution in [0, 0.1) is 5.82 Å². The zero-order valence-corrected chi connectivity index (χ0v) is 12.2. The summed E-state index contributed by atoms with van der Waals surface area (Å²) in [6.45, 7) is 4.24. The minimum absolute atomic E-state index is 0.0428. The fourth-order valence-electron chi connectivity index (χ4n) is 2.10. The summed E-state index contributed by atoms with van der Waals surface area (Å²) in [5.41, 5.74) is 1.35. The molecule has 0 aliphatic rings. The van der Waals surface area contributed by atoms with Gasteiger partial charge in [-0.1, -0.05) is 0 Å². The van der Waals surface area contributed by atoms with Crippen LogP contribution in [0.1, 0.15) is 26.1 Å². The molecular weight excluding hydrogens is 281 g/mol. The molecule has 1 amide bonds. The third-order valence-corrected chi connectivity index (χ3v) is 3.16. The van der Waals surface area contributed by atoms with Gasteiger partial charge in [-0.3, -0.25) is 4.79 Å². The lowest BCUT2D eigenvalue weighted by Crippen LogP contribution is -2.30. The molecule has 1 N–H and O–H groups in total. The number of carbonyl (C=O) groups is 1. The first-order valence-electron chi connectivity index (χ1n) is 6.51. The van der Waals surface area contributed by atoms with E-state index in [0.717, 1.165) is 0 Å². The van der Waals surface area contributed by atoms with Gasteiger partial charge >= 0.3 is 0 Å². The molecule has 0 fully saturated rings. The highest BCUT2D eigenvalue weighted by Gasteiger charge is 2.12. The normalized spacial score (nSPS) is 11.2. The van der Waals surface area contributed by atoms with Crippen LogP contribution in [0.5, 0.6) is 0 Å². The predicted octanol–water partition coefficient (Wildman–Crippen LogP) is 2.83. The van der Waals surface area contributed by atoms with Crippen molar-refractivity contribution >= 4 is 28.5 Å². The molecule has 0 saturated heterocycles. The summed E-state index contributed by atoms with van der Waals surface area (Å²) in [5, 5.41) is 2.82. The molecule has 2 rings (SSSR count). The monoisotopic (exact) mass is 297 g/mol. The molecule has 108 valence electrons.